The van der Waals surface area contributed by atoms with Crippen molar-refractivity contribution in [2.45, 2.75) is 20.3 Å². The van der Waals surface area contributed by atoms with E-state index in [0.29, 0.717) is 29.2 Å². The van der Waals surface area contributed by atoms with Gasteiger partial charge in [0.2, 0.25) is 5.95 Å². The first-order chi connectivity index (χ1) is 13.5. The number of pyridine rings is 1. The summed E-state index contributed by atoms with van der Waals surface area (Å²) in [6, 6.07) is 11.2. The Morgan fingerprint density at radius 2 is 2.14 bits per heavy atom. The number of anilines is 1. The standard InChI is InChI=1S/C20H19N7O/c1-3-15(14-8-9-23-11-13(14)10-21)24-18(12(2)22)19(28)27-20-25-16-6-4-5-7-17(16)26-20/h4-9,11H,3,22H2,1-2H3,(H2,25,26,27,28)/b18-12+,24-15?. The predicted octanol–water partition coefficient (Wildman–Crippen LogP) is 2.86. The Labute approximate surface area is 161 Å². The van der Waals surface area contributed by atoms with Gasteiger partial charge in [-0.15, -0.1) is 0 Å². The van der Waals surface area contributed by atoms with Crippen LogP contribution in [0.3, 0.4) is 0 Å². The topological polar surface area (TPSA) is 133 Å². The summed E-state index contributed by atoms with van der Waals surface area (Å²) >= 11 is 0. The third-order valence-corrected chi connectivity index (χ3v) is 4.04. The average molecular weight is 373 g/mol. The lowest BCUT2D eigenvalue weighted by Gasteiger charge is -2.09. The number of aromatic amines is 1. The number of aromatic nitrogens is 3. The van der Waals surface area contributed by atoms with Crippen molar-refractivity contribution in [3.8, 4) is 6.07 Å². The van der Waals surface area contributed by atoms with Crippen molar-refractivity contribution in [3.63, 3.8) is 0 Å². The molecular formula is C20H19N7O. The fraction of sp³-hybridized carbons (Fsp3) is 0.150. The van der Waals surface area contributed by atoms with Gasteiger partial charge in [-0.25, -0.2) is 9.98 Å². The van der Waals surface area contributed by atoms with Gasteiger partial charge in [-0.1, -0.05) is 19.1 Å². The molecule has 0 aliphatic heterocycles. The number of nitriles is 1. The third-order valence-electron chi connectivity index (χ3n) is 4.04. The molecule has 0 radical (unpaired) electrons. The molecule has 2 heterocycles. The number of allylic oxidation sites excluding steroid dienone is 1. The highest BCUT2D eigenvalue weighted by Gasteiger charge is 2.16. The normalized spacial score (nSPS) is 12.4. The molecule has 8 heteroatoms. The van der Waals surface area contributed by atoms with E-state index in [0.717, 1.165) is 11.0 Å². The molecule has 0 saturated carbocycles. The molecule has 8 nitrogen and oxygen atoms in total. The summed E-state index contributed by atoms with van der Waals surface area (Å²) in [6.45, 7) is 3.49. The van der Waals surface area contributed by atoms with Crippen LogP contribution < -0.4 is 11.1 Å². The second-order valence-corrected chi connectivity index (χ2v) is 6.03. The van der Waals surface area contributed by atoms with E-state index in [9.17, 15) is 10.1 Å². The Morgan fingerprint density at radius 1 is 1.36 bits per heavy atom. The van der Waals surface area contributed by atoms with Gasteiger partial charge in [0.25, 0.3) is 5.91 Å². The van der Waals surface area contributed by atoms with Crippen molar-refractivity contribution < 1.29 is 4.79 Å². The molecule has 3 rings (SSSR count). The molecule has 1 amide bonds. The van der Waals surface area contributed by atoms with E-state index in [-0.39, 0.29) is 11.4 Å². The molecule has 0 unspecified atom stereocenters. The molecule has 0 aliphatic rings. The monoisotopic (exact) mass is 373 g/mol. The Kier molecular flexibility index (Phi) is 5.46. The number of H-pyrrole nitrogens is 1. The number of carbonyl (C=O) groups excluding carboxylic acids is 1. The highest BCUT2D eigenvalue weighted by atomic mass is 16.2. The molecule has 3 aromatic rings. The third kappa shape index (κ3) is 3.88. The van der Waals surface area contributed by atoms with Gasteiger partial charge in [0.05, 0.1) is 16.6 Å². The minimum Gasteiger partial charge on any atom is -0.400 e. The fourth-order valence-corrected chi connectivity index (χ4v) is 2.70. The number of para-hydroxylation sites is 2. The van der Waals surface area contributed by atoms with Crippen LogP contribution in [0.4, 0.5) is 5.95 Å². The largest absolute Gasteiger partial charge is 0.400 e. The molecule has 0 fully saturated rings. The van der Waals surface area contributed by atoms with E-state index < -0.39 is 5.91 Å². The van der Waals surface area contributed by atoms with Gasteiger partial charge in [0, 0.05) is 29.4 Å². The van der Waals surface area contributed by atoms with Gasteiger partial charge in [0.15, 0.2) is 0 Å². The van der Waals surface area contributed by atoms with Crippen LogP contribution in [0.1, 0.15) is 31.4 Å². The summed E-state index contributed by atoms with van der Waals surface area (Å²) in [5, 5.41) is 12.0. The van der Waals surface area contributed by atoms with Crippen LogP contribution in [0.2, 0.25) is 0 Å². The first-order valence-corrected chi connectivity index (χ1v) is 8.68. The molecule has 0 aliphatic carbocycles. The Hall–Kier alpha value is -3.99. The lowest BCUT2D eigenvalue weighted by molar-refractivity contribution is -0.113. The first kappa shape index (κ1) is 18.8. The highest BCUT2D eigenvalue weighted by molar-refractivity contribution is 6.09. The number of aliphatic imine (C=N–C) groups is 1. The van der Waals surface area contributed by atoms with Crippen molar-refractivity contribution in [3.05, 3.63) is 65.2 Å². The molecule has 1 aromatic carbocycles. The van der Waals surface area contributed by atoms with E-state index in [1.54, 1.807) is 19.2 Å². The van der Waals surface area contributed by atoms with Crippen LogP contribution in [-0.4, -0.2) is 26.6 Å². The predicted molar refractivity (Wildman–Crippen MR) is 107 cm³/mol. The van der Waals surface area contributed by atoms with Crippen LogP contribution in [0.5, 0.6) is 0 Å². The quantitative estimate of drug-likeness (QED) is 0.467. The molecule has 4 N–H and O–H groups in total. The van der Waals surface area contributed by atoms with E-state index in [1.165, 1.54) is 6.20 Å². The minimum absolute atomic E-state index is 0.0676. The summed E-state index contributed by atoms with van der Waals surface area (Å²) in [6.07, 6.45) is 3.55. The van der Waals surface area contributed by atoms with Crippen molar-refractivity contribution in [1.82, 2.24) is 15.0 Å². The van der Waals surface area contributed by atoms with Crippen LogP contribution in [0, 0.1) is 11.3 Å². The average Bonchev–Trinajstić information content (AvgIpc) is 3.10. The van der Waals surface area contributed by atoms with Crippen molar-refractivity contribution in [2.75, 3.05) is 5.32 Å². The lowest BCUT2D eigenvalue weighted by Crippen LogP contribution is -2.19. The fourth-order valence-electron chi connectivity index (χ4n) is 2.70. The summed E-state index contributed by atoms with van der Waals surface area (Å²) in [5.74, 6) is -0.183. The van der Waals surface area contributed by atoms with E-state index in [4.69, 9.17) is 5.73 Å². The van der Waals surface area contributed by atoms with E-state index >= 15 is 0 Å². The molecular weight excluding hydrogens is 354 g/mol. The van der Waals surface area contributed by atoms with Crippen molar-refractivity contribution in [1.29, 1.82) is 5.26 Å². The number of fused-ring (bicyclic) bond motifs is 1. The zero-order chi connectivity index (χ0) is 20.1. The van der Waals surface area contributed by atoms with Gasteiger partial charge in [-0.2, -0.15) is 5.26 Å². The number of hydrogen-bond acceptors (Lipinski definition) is 6. The second-order valence-electron chi connectivity index (χ2n) is 6.03. The second kappa shape index (κ2) is 8.14. The maximum Gasteiger partial charge on any atom is 0.278 e. The summed E-state index contributed by atoms with van der Waals surface area (Å²) < 4.78 is 0. The zero-order valence-corrected chi connectivity index (χ0v) is 15.5. The van der Waals surface area contributed by atoms with Crippen molar-refractivity contribution >= 4 is 28.6 Å². The highest BCUT2D eigenvalue weighted by Crippen LogP contribution is 2.17. The maximum atomic E-state index is 12.8. The molecule has 0 spiro atoms. The number of rotatable bonds is 5. The molecule has 140 valence electrons. The molecule has 0 bridgehead atoms. The van der Waals surface area contributed by atoms with Crippen LogP contribution in [0.25, 0.3) is 11.0 Å². The number of amides is 1. The summed E-state index contributed by atoms with van der Waals surface area (Å²) in [7, 11) is 0. The number of imidazole rings is 1. The summed E-state index contributed by atoms with van der Waals surface area (Å²) in [5.41, 5.74) is 9.36. The van der Waals surface area contributed by atoms with Gasteiger partial charge < -0.3 is 10.7 Å². The number of nitrogens with one attached hydrogen (secondary N) is 2. The first-order valence-electron chi connectivity index (χ1n) is 8.68. The van der Waals surface area contributed by atoms with Crippen LogP contribution >= 0.6 is 0 Å². The maximum absolute atomic E-state index is 12.8. The molecule has 28 heavy (non-hydrogen) atoms. The number of nitrogens with zero attached hydrogens (tertiary/aromatic N) is 4. The summed E-state index contributed by atoms with van der Waals surface area (Å²) in [4.78, 5) is 28.5. The molecule has 2 aromatic heterocycles. The zero-order valence-electron chi connectivity index (χ0n) is 15.5. The Balaban J connectivity index is 1.94. The number of nitrogens with two attached hydrogens (primary N) is 1. The number of benzene rings is 1. The number of hydrogen-bond donors (Lipinski definition) is 3. The van der Waals surface area contributed by atoms with Gasteiger partial charge >= 0.3 is 0 Å². The van der Waals surface area contributed by atoms with E-state index in [2.05, 4.69) is 31.3 Å². The van der Waals surface area contributed by atoms with Gasteiger partial charge in [-0.3, -0.25) is 15.1 Å². The van der Waals surface area contributed by atoms with Gasteiger partial charge in [-0.05, 0) is 31.5 Å². The molecule has 0 saturated heterocycles. The Morgan fingerprint density at radius 3 is 2.82 bits per heavy atom. The molecule has 0 atom stereocenters. The van der Waals surface area contributed by atoms with Crippen molar-refractivity contribution in [2.24, 2.45) is 10.7 Å². The van der Waals surface area contributed by atoms with Crippen LogP contribution in [-0.2, 0) is 4.79 Å². The SMILES string of the molecule is CCC(=N/C(C(=O)Nc1nc2ccccc2[nH]1)=C(\C)N)c1ccncc1C#N. The lowest BCUT2D eigenvalue weighted by atomic mass is 10.0. The van der Waals surface area contributed by atoms with E-state index in [1.807, 2.05) is 31.2 Å². The number of carbonyl (C=O) groups is 1. The minimum atomic E-state index is -0.488. The smallest absolute Gasteiger partial charge is 0.278 e. The van der Waals surface area contributed by atoms with Gasteiger partial charge in [0.1, 0.15) is 11.8 Å². The van der Waals surface area contributed by atoms with Crippen LogP contribution in [0.15, 0.2) is 59.1 Å². The Bertz CT molecular complexity index is 1100.